The van der Waals surface area contributed by atoms with Crippen LogP contribution in [0.2, 0.25) is 0 Å². The Morgan fingerprint density at radius 3 is 2.25 bits per heavy atom. The van der Waals surface area contributed by atoms with Gasteiger partial charge in [-0.05, 0) is 51.0 Å². The monoisotopic (exact) mass is 342 g/mol. The molecule has 0 aliphatic heterocycles. The molecule has 0 spiro atoms. The SMILES string of the molecule is Cc1ccc(C(SCCN(C)CCCCN)c2ccccc2)cc1. The molecule has 130 valence electrons. The molecule has 2 nitrogen and oxygen atoms in total. The molecule has 0 amide bonds. The number of unbranched alkanes of at least 4 members (excludes halogenated alkanes) is 1. The van der Waals surface area contributed by atoms with Gasteiger partial charge in [-0.3, -0.25) is 0 Å². The summed E-state index contributed by atoms with van der Waals surface area (Å²) in [5.41, 5.74) is 9.66. The molecule has 0 saturated carbocycles. The van der Waals surface area contributed by atoms with Crippen LogP contribution in [0.3, 0.4) is 0 Å². The van der Waals surface area contributed by atoms with Gasteiger partial charge in [0.1, 0.15) is 0 Å². The first-order valence-electron chi connectivity index (χ1n) is 8.82. The van der Waals surface area contributed by atoms with Gasteiger partial charge in [0, 0.05) is 12.3 Å². The van der Waals surface area contributed by atoms with Crippen LogP contribution in [0, 0.1) is 6.92 Å². The molecule has 24 heavy (non-hydrogen) atoms. The van der Waals surface area contributed by atoms with Crippen LogP contribution in [0.5, 0.6) is 0 Å². The summed E-state index contributed by atoms with van der Waals surface area (Å²) in [7, 11) is 2.21. The molecular weight excluding hydrogens is 312 g/mol. The number of rotatable bonds is 10. The summed E-state index contributed by atoms with van der Waals surface area (Å²) in [6.07, 6.45) is 2.31. The average Bonchev–Trinajstić information content (AvgIpc) is 2.61. The topological polar surface area (TPSA) is 29.3 Å². The minimum absolute atomic E-state index is 0.407. The van der Waals surface area contributed by atoms with Crippen molar-refractivity contribution >= 4 is 11.8 Å². The van der Waals surface area contributed by atoms with Gasteiger partial charge in [0.25, 0.3) is 0 Å². The van der Waals surface area contributed by atoms with Gasteiger partial charge in [-0.1, -0.05) is 60.2 Å². The van der Waals surface area contributed by atoms with Gasteiger partial charge in [-0.15, -0.1) is 11.8 Å². The lowest BCUT2D eigenvalue weighted by Gasteiger charge is -2.21. The van der Waals surface area contributed by atoms with Crippen molar-refractivity contribution in [2.24, 2.45) is 5.73 Å². The molecule has 2 aromatic rings. The van der Waals surface area contributed by atoms with E-state index in [-0.39, 0.29) is 0 Å². The van der Waals surface area contributed by atoms with Crippen molar-refractivity contribution in [1.29, 1.82) is 0 Å². The molecule has 3 heteroatoms. The van der Waals surface area contributed by atoms with Crippen molar-refractivity contribution in [2.75, 3.05) is 32.4 Å². The summed E-state index contributed by atoms with van der Waals surface area (Å²) in [5, 5.41) is 0.407. The number of hydrogen-bond acceptors (Lipinski definition) is 3. The lowest BCUT2D eigenvalue weighted by molar-refractivity contribution is 0.347. The van der Waals surface area contributed by atoms with Crippen LogP contribution in [0.4, 0.5) is 0 Å². The number of nitrogens with zero attached hydrogens (tertiary/aromatic N) is 1. The van der Waals surface area contributed by atoms with E-state index in [1.807, 2.05) is 11.8 Å². The average molecular weight is 343 g/mol. The van der Waals surface area contributed by atoms with Crippen LogP contribution in [0.1, 0.15) is 34.8 Å². The second-order valence-corrected chi connectivity index (χ2v) is 7.58. The Bertz CT molecular complexity index is 568. The summed E-state index contributed by atoms with van der Waals surface area (Å²) >= 11 is 2.03. The van der Waals surface area contributed by atoms with Gasteiger partial charge in [0.2, 0.25) is 0 Å². The van der Waals surface area contributed by atoms with Gasteiger partial charge in [-0.25, -0.2) is 0 Å². The Morgan fingerprint density at radius 2 is 1.58 bits per heavy atom. The molecule has 2 N–H and O–H groups in total. The maximum Gasteiger partial charge on any atom is 0.0547 e. The Hall–Kier alpha value is -1.29. The normalized spacial score (nSPS) is 12.5. The predicted molar refractivity (Wildman–Crippen MR) is 108 cm³/mol. The molecule has 0 saturated heterocycles. The van der Waals surface area contributed by atoms with E-state index in [1.54, 1.807) is 0 Å². The first-order valence-corrected chi connectivity index (χ1v) is 9.87. The quantitative estimate of drug-likeness (QED) is 0.645. The highest BCUT2D eigenvalue weighted by Crippen LogP contribution is 2.35. The van der Waals surface area contributed by atoms with Crippen LogP contribution in [-0.4, -0.2) is 37.3 Å². The molecule has 2 aromatic carbocycles. The largest absolute Gasteiger partial charge is 0.330 e. The number of aryl methyl sites for hydroxylation is 1. The maximum absolute atomic E-state index is 5.57. The van der Waals surface area contributed by atoms with Gasteiger partial charge in [0.15, 0.2) is 0 Å². The molecule has 1 unspecified atom stereocenters. The zero-order chi connectivity index (χ0) is 17.2. The van der Waals surface area contributed by atoms with E-state index in [1.165, 1.54) is 23.1 Å². The summed E-state index contributed by atoms with van der Waals surface area (Å²) in [5.74, 6) is 1.13. The minimum Gasteiger partial charge on any atom is -0.330 e. The molecule has 1 atom stereocenters. The molecule has 0 aliphatic carbocycles. The van der Waals surface area contributed by atoms with Gasteiger partial charge in [-0.2, -0.15) is 0 Å². The number of benzene rings is 2. The lowest BCUT2D eigenvalue weighted by atomic mass is 10.0. The van der Waals surface area contributed by atoms with Crippen LogP contribution < -0.4 is 5.73 Å². The standard InChI is InChI=1S/C21H30N2S/c1-18-10-12-20(13-11-18)21(19-8-4-3-5-9-19)24-17-16-23(2)15-7-6-14-22/h3-5,8-13,21H,6-7,14-17,22H2,1-2H3. The van der Waals surface area contributed by atoms with Gasteiger partial charge in [0.05, 0.1) is 5.25 Å². The van der Waals surface area contributed by atoms with E-state index in [2.05, 4.69) is 73.5 Å². The third kappa shape index (κ3) is 6.31. The fraction of sp³-hybridized carbons (Fsp3) is 0.429. The highest BCUT2D eigenvalue weighted by Gasteiger charge is 2.14. The smallest absolute Gasteiger partial charge is 0.0547 e. The predicted octanol–water partition coefficient (Wildman–Crippen LogP) is 4.49. The van der Waals surface area contributed by atoms with E-state index < -0.39 is 0 Å². The van der Waals surface area contributed by atoms with E-state index in [4.69, 9.17) is 5.73 Å². The highest BCUT2D eigenvalue weighted by atomic mass is 32.2. The molecule has 0 aliphatic rings. The second kappa shape index (κ2) is 10.5. The van der Waals surface area contributed by atoms with Gasteiger partial charge >= 0.3 is 0 Å². The molecule has 0 fully saturated rings. The van der Waals surface area contributed by atoms with Crippen LogP contribution in [0.25, 0.3) is 0 Å². The van der Waals surface area contributed by atoms with Crippen LogP contribution in [0.15, 0.2) is 54.6 Å². The Kier molecular flexibility index (Phi) is 8.37. The van der Waals surface area contributed by atoms with E-state index in [0.717, 1.165) is 31.8 Å². The number of nitrogens with two attached hydrogens (primary N) is 1. The lowest BCUT2D eigenvalue weighted by Crippen LogP contribution is -2.23. The zero-order valence-corrected chi connectivity index (χ0v) is 15.8. The molecular formula is C21H30N2S. The van der Waals surface area contributed by atoms with Crippen molar-refractivity contribution in [3.8, 4) is 0 Å². The first kappa shape index (κ1) is 19.0. The van der Waals surface area contributed by atoms with E-state index in [9.17, 15) is 0 Å². The van der Waals surface area contributed by atoms with Crippen molar-refractivity contribution in [1.82, 2.24) is 4.90 Å². The van der Waals surface area contributed by atoms with Crippen LogP contribution in [-0.2, 0) is 0 Å². The fourth-order valence-electron chi connectivity index (χ4n) is 2.72. The highest BCUT2D eigenvalue weighted by molar-refractivity contribution is 7.99. The Morgan fingerprint density at radius 1 is 0.917 bits per heavy atom. The van der Waals surface area contributed by atoms with Gasteiger partial charge < -0.3 is 10.6 Å². The van der Waals surface area contributed by atoms with Crippen molar-refractivity contribution in [3.05, 3.63) is 71.3 Å². The molecule has 0 bridgehead atoms. The Labute approximate surface area is 151 Å². The Balaban J connectivity index is 1.96. The van der Waals surface area contributed by atoms with Crippen molar-refractivity contribution in [3.63, 3.8) is 0 Å². The summed E-state index contributed by atoms with van der Waals surface area (Å²) in [6.45, 7) is 5.19. The first-order chi connectivity index (χ1) is 11.7. The molecule has 2 rings (SSSR count). The molecule has 0 aromatic heterocycles. The van der Waals surface area contributed by atoms with Crippen molar-refractivity contribution in [2.45, 2.75) is 25.0 Å². The van der Waals surface area contributed by atoms with Crippen LogP contribution >= 0.6 is 11.8 Å². The number of hydrogen-bond donors (Lipinski definition) is 1. The maximum atomic E-state index is 5.57. The second-order valence-electron chi connectivity index (χ2n) is 6.37. The number of thioether (sulfide) groups is 1. The van der Waals surface area contributed by atoms with E-state index >= 15 is 0 Å². The summed E-state index contributed by atoms with van der Waals surface area (Å²) < 4.78 is 0. The van der Waals surface area contributed by atoms with Crippen molar-refractivity contribution < 1.29 is 0 Å². The zero-order valence-electron chi connectivity index (χ0n) is 14.9. The molecule has 0 radical (unpaired) electrons. The minimum atomic E-state index is 0.407. The summed E-state index contributed by atoms with van der Waals surface area (Å²) in [4.78, 5) is 2.42. The third-order valence-electron chi connectivity index (χ3n) is 4.23. The molecule has 0 heterocycles. The van der Waals surface area contributed by atoms with E-state index in [0.29, 0.717) is 5.25 Å². The summed E-state index contributed by atoms with van der Waals surface area (Å²) in [6, 6.07) is 19.8. The fourth-order valence-corrected chi connectivity index (χ4v) is 4.07. The third-order valence-corrected chi connectivity index (χ3v) is 5.53.